The van der Waals surface area contributed by atoms with Gasteiger partial charge in [-0.05, 0) is 90.8 Å². The van der Waals surface area contributed by atoms with Gasteiger partial charge in [0, 0.05) is 114 Å². The smallest absolute Gasteiger partial charge is 0.206 e. The molecule has 2 aliphatic heterocycles. The first kappa shape index (κ1) is 61.9. The summed E-state index contributed by atoms with van der Waals surface area (Å²) < 4.78 is 20.5. The molecule has 0 spiro atoms. The fourth-order valence-electron chi connectivity index (χ4n) is 7.28. The number of piperazine rings is 2. The fourth-order valence-corrected chi connectivity index (χ4v) is 9.20. The second-order valence-electron chi connectivity index (χ2n) is 15.8. The number of halogens is 2. The normalized spacial score (nSPS) is 13.7. The van der Waals surface area contributed by atoms with Crippen LogP contribution in [0.4, 0.5) is 33.7 Å². The van der Waals surface area contributed by atoms with Crippen molar-refractivity contribution in [2.24, 2.45) is 10.7 Å². The summed E-state index contributed by atoms with van der Waals surface area (Å²) in [5, 5.41) is 8.17. The number of aliphatic imine (C=N–C) groups is 1. The molecular weight excluding hydrogens is 1120 g/mol. The van der Waals surface area contributed by atoms with E-state index in [-0.39, 0.29) is 44.3 Å². The van der Waals surface area contributed by atoms with Crippen molar-refractivity contribution in [3.63, 3.8) is 0 Å². The van der Waals surface area contributed by atoms with Crippen LogP contribution in [0.15, 0.2) is 102 Å². The number of alkyl halides is 1. The van der Waals surface area contributed by atoms with Gasteiger partial charge in [-0.1, -0.05) is 70.2 Å². The maximum Gasteiger partial charge on any atom is 0.206 e. The number of aromatic nitrogens is 1. The molecule has 2 aliphatic rings. The quantitative estimate of drug-likeness (QED) is 0.0163. The molecule has 2 saturated heterocycles. The number of hydrogen-bond donors (Lipinski definition) is 4. The number of Topliss-reactive ketones (excluding diaryl/α,β-unsaturated/α-hetero) is 1. The Balaban J connectivity index is 0.000000310. The number of thiazole rings is 1. The topological polar surface area (TPSA) is 185 Å². The summed E-state index contributed by atoms with van der Waals surface area (Å²) in [5.74, 6) is 2.33. The molecule has 22 heteroatoms. The predicted molar refractivity (Wildman–Crippen MR) is 319 cm³/mol. The Labute approximate surface area is 460 Å². The zero-order valence-electron chi connectivity index (χ0n) is 41.6. The molecule has 16 nitrogen and oxygen atoms in total. The van der Waals surface area contributed by atoms with E-state index in [1.807, 2.05) is 37.3 Å². The lowest BCUT2D eigenvalue weighted by molar-refractivity contribution is 0.102. The second-order valence-corrected chi connectivity index (χ2v) is 19.0. The number of carbonyl (C=O) groups excluding carboxylic acids is 2. The van der Waals surface area contributed by atoms with Crippen molar-refractivity contribution >= 4 is 134 Å². The summed E-state index contributed by atoms with van der Waals surface area (Å²) in [6.45, 7) is 13.8. The minimum Gasteiger partial charge on any atom is -0.497 e. The van der Waals surface area contributed by atoms with E-state index >= 15 is 0 Å². The third-order valence-electron chi connectivity index (χ3n) is 11.1. The number of ether oxygens (including phenoxy) is 4. The lowest BCUT2D eigenvalue weighted by Gasteiger charge is -2.36. The number of ketones is 2. The van der Waals surface area contributed by atoms with Gasteiger partial charge in [0.05, 0.1) is 32.8 Å². The molecule has 0 radical (unpaired) electrons. The Bertz CT molecular complexity index is 2440. The van der Waals surface area contributed by atoms with Crippen molar-refractivity contribution in [1.29, 1.82) is 0 Å². The van der Waals surface area contributed by atoms with E-state index in [2.05, 4.69) is 80.4 Å². The predicted octanol–water partition coefficient (Wildman–Crippen LogP) is 8.61. The minimum absolute atomic E-state index is 0. The Kier molecular flexibility index (Phi) is 28.7. The van der Waals surface area contributed by atoms with Gasteiger partial charge < -0.3 is 50.8 Å². The highest BCUT2D eigenvalue weighted by Crippen LogP contribution is 2.31. The Morgan fingerprint density at radius 2 is 1.25 bits per heavy atom. The number of nitrogens with one attached hydrogen (secondary N) is 2. The SMILES string of the molecule is Br.CCSC(N)=NC(=S)Nc1ccc(N2CCN(CCOC)CC2)cc1.COCCN1CCN(c2ccc(Nc3nc(N)c(C(=O)c4cccc(OC)c4)s3)cc2)CC1.COc1cccc(C(=O)CBr)c1.P. The van der Waals surface area contributed by atoms with Crippen LogP contribution in [0.25, 0.3) is 0 Å². The van der Waals surface area contributed by atoms with Gasteiger partial charge in [-0.3, -0.25) is 19.4 Å². The van der Waals surface area contributed by atoms with Crippen LogP contribution in [-0.4, -0.2) is 155 Å². The number of anilines is 6. The van der Waals surface area contributed by atoms with Crippen LogP contribution in [-0.2, 0) is 9.47 Å². The number of thioether (sulfide) groups is 1. The monoisotopic (exact) mass is 1190 g/mol. The summed E-state index contributed by atoms with van der Waals surface area (Å²) >= 11 is 11.0. The molecule has 4 aromatic carbocycles. The molecule has 72 heavy (non-hydrogen) atoms. The highest BCUT2D eigenvalue weighted by Gasteiger charge is 2.21. The van der Waals surface area contributed by atoms with Crippen LogP contribution in [0.3, 0.4) is 0 Å². The van der Waals surface area contributed by atoms with Gasteiger partial charge in [-0.25, -0.2) is 4.98 Å². The zero-order chi connectivity index (χ0) is 50.3. The minimum atomic E-state index is -0.170. The summed E-state index contributed by atoms with van der Waals surface area (Å²) in [5.41, 5.74) is 17.3. The van der Waals surface area contributed by atoms with E-state index < -0.39 is 0 Å². The van der Waals surface area contributed by atoms with Crippen molar-refractivity contribution in [1.82, 2.24) is 14.8 Å². The Morgan fingerprint density at radius 3 is 1.72 bits per heavy atom. The largest absolute Gasteiger partial charge is 0.497 e. The summed E-state index contributed by atoms with van der Waals surface area (Å²) in [7, 11) is 6.64. The molecule has 1 aromatic heterocycles. The van der Waals surface area contributed by atoms with Crippen LogP contribution in [0.1, 0.15) is 32.5 Å². The zero-order valence-corrected chi connectivity index (χ0v) is 48.8. The standard InChI is InChI=1S/C24H29N5O3S.C17H27N5OS2.C9H9BrO2.BrH.H3P/c1-31-15-14-28-10-12-29(13-11-28)19-8-6-18(7-9-19)26-24-27-23(25)22(33-24)21(30)17-4-3-5-20(16-17)32-2;1-3-25-16(18)20-17(24)19-14-4-6-15(7-5-14)22-10-8-21(9-11-22)12-13-23-2;1-12-8-4-2-3-7(5-8)9(11)6-10;;/h3-9,16H,10-15,25H2,1-2H3,(H,26,27);4-7H,3,8-13H2,1-2H3,(H3,18,19,20,24);2-5H,6H2,1H3;1H;1H3. The number of nitrogen functional groups attached to an aromatic ring is 1. The lowest BCUT2D eigenvalue weighted by atomic mass is 10.1. The van der Waals surface area contributed by atoms with Crippen molar-refractivity contribution in [3.05, 3.63) is 113 Å². The molecule has 1 atom stereocenters. The molecule has 6 N–H and O–H groups in total. The number of nitrogens with two attached hydrogens (primary N) is 2. The first-order valence-electron chi connectivity index (χ1n) is 22.8. The third-order valence-corrected chi connectivity index (χ3v) is 13.5. The number of thiocarbonyl (C=S) groups is 1. The van der Waals surface area contributed by atoms with Crippen molar-refractivity contribution in [3.8, 4) is 11.5 Å². The molecule has 0 aliphatic carbocycles. The number of nitrogens with zero attached hydrogens (tertiary/aromatic N) is 6. The molecule has 1 unspecified atom stereocenters. The van der Waals surface area contributed by atoms with E-state index in [4.69, 9.17) is 42.6 Å². The highest BCUT2D eigenvalue weighted by molar-refractivity contribution is 9.09. The van der Waals surface area contributed by atoms with E-state index in [0.29, 0.717) is 48.2 Å². The van der Waals surface area contributed by atoms with Gasteiger partial charge >= 0.3 is 0 Å². The van der Waals surface area contributed by atoms with Crippen LogP contribution in [0.5, 0.6) is 11.5 Å². The van der Waals surface area contributed by atoms with Crippen molar-refractivity contribution < 1.29 is 28.5 Å². The third kappa shape index (κ3) is 20.1. The van der Waals surface area contributed by atoms with Crippen LogP contribution in [0, 0.1) is 0 Å². The first-order valence-corrected chi connectivity index (χ1v) is 26.2. The number of carbonyl (C=O) groups is 2. The maximum absolute atomic E-state index is 12.9. The Morgan fingerprint density at radius 1 is 0.764 bits per heavy atom. The fraction of sp³-hybridized carbons (Fsp3) is 0.380. The molecule has 2 fully saturated rings. The number of hydrogen-bond acceptors (Lipinski definition) is 16. The number of amidine groups is 1. The van der Waals surface area contributed by atoms with Gasteiger partial charge in [-0.2, -0.15) is 14.9 Å². The first-order chi connectivity index (χ1) is 34.0. The van der Waals surface area contributed by atoms with Crippen LogP contribution >= 0.6 is 78.1 Å². The van der Waals surface area contributed by atoms with E-state index in [1.165, 1.54) is 34.5 Å². The number of methoxy groups -OCH3 is 4. The molecule has 5 aromatic rings. The summed E-state index contributed by atoms with van der Waals surface area (Å²) in [6.07, 6.45) is 0. The lowest BCUT2D eigenvalue weighted by Crippen LogP contribution is -2.47. The van der Waals surface area contributed by atoms with E-state index in [1.54, 1.807) is 70.9 Å². The van der Waals surface area contributed by atoms with Crippen molar-refractivity contribution in [2.45, 2.75) is 6.92 Å². The average molecular weight is 1190 g/mol. The average Bonchev–Trinajstić information content (AvgIpc) is 3.76. The van der Waals surface area contributed by atoms with E-state index in [0.717, 1.165) is 95.8 Å². The summed E-state index contributed by atoms with van der Waals surface area (Å²) in [6, 6.07) is 30.7. The van der Waals surface area contributed by atoms with Gasteiger partial charge in [0.2, 0.25) is 5.78 Å². The second kappa shape index (κ2) is 33.4. The van der Waals surface area contributed by atoms with Crippen LogP contribution < -0.4 is 41.4 Å². The van der Waals surface area contributed by atoms with Crippen LogP contribution in [0.2, 0.25) is 0 Å². The number of benzene rings is 4. The van der Waals surface area contributed by atoms with Gasteiger partial charge in [0.15, 0.2) is 21.2 Å². The molecule has 3 heterocycles. The Hall–Kier alpha value is -4.41. The molecule has 0 amide bonds. The number of rotatable bonds is 18. The summed E-state index contributed by atoms with van der Waals surface area (Å²) in [4.78, 5) is 42.6. The van der Waals surface area contributed by atoms with E-state index in [9.17, 15) is 9.59 Å². The molecule has 7 rings (SSSR count). The molecule has 392 valence electrons. The molecular formula is C50H69Br2N10O6PS3. The van der Waals surface area contributed by atoms with Gasteiger partial charge in [0.1, 0.15) is 22.2 Å². The van der Waals surface area contributed by atoms with Gasteiger partial charge in [0.25, 0.3) is 0 Å². The molecule has 0 saturated carbocycles. The van der Waals surface area contributed by atoms with Gasteiger partial charge in [-0.15, -0.1) is 17.0 Å². The highest BCUT2D eigenvalue weighted by atomic mass is 79.9. The maximum atomic E-state index is 12.9. The molecule has 0 bridgehead atoms. The van der Waals surface area contributed by atoms with Crippen molar-refractivity contribution in [2.75, 3.05) is 144 Å².